The van der Waals surface area contributed by atoms with Gasteiger partial charge in [0, 0.05) is 48.7 Å². The Labute approximate surface area is 182 Å². The number of benzene rings is 2. The summed E-state index contributed by atoms with van der Waals surface area (Å²) in [4.78, 5) is 16.3. The summed E-state index contributed by atoms with van der Waals surface area (Å²) in [5.41, 5.74) is 5.28. The number of aromatic amines is 1. The van der Waals surface area contributed by atoms with Crippen molar-refractivity contribution in [1.82, 2.24) is 4.98 Å². The van der Waals surface area contributed by atoms with Crippen molar-refractivity contribution in [2.75, 3.05) is 19.6 Å². The lowest BCUT2D eigenvalue weighted by Crippen LogP contribution is -3.15. The van der Waals surface area contributed by atoms with Gasteiger partial charge in [0.1, 0.15) is 6.04 Å². The number of aryl methyl sites for hydroxylation is 1. The average molecular weight is 421 g/mol. The number of H-pyrrole nitrogens is 1. The van der Waals surface area contributed by atoms with Crippen molar-refractivity contribution in [3.63, 3.8) is 0 Å². The lowest BCUT2D eigenvalue weighted by atomic mass is 9.90. The molecule has 4 N–H and O–H groups in total. The van der Waals surface area contributed by atoms with Gasteiger partial charge in [-0.25, -0.2) is 0 Å². The van der Waals surface area contributed by atoms with Gasteiger partial charge in [-0.2, -0.15) is 0 Å². The lowest BCUT2D eigenvalue weighted by Gasteiger charge is -2.31. The Kier molecular flexibility index (Phi) is 5.74. The van der Waals surface area contributed by atoms with E-state index in [2.05, 4.69) is 40.6 Å². The molecule has 2 aliphatic rings. The Hall–Kier alpha value is -2.70. The Bertz CT molecular complexity index is 1050. The number of nitrogens with two attached hydrogens (primary N) is 1. The topological polar surface area (TPSA) is 80.0 Å². The average Bonchev–Trinajstić information content (AvgIpc) is 3.18. The number of non-ortho nitro benzene ring substituents is 1. The zero-order chi connectivity index (χ0) is 21.2. The molecule has 6 heteroatoms. The standard InChI is InChI=1S/C25H30N4O2/c30-29(31)20-9-10-23-22(17-20)21-7-4-8-24(25(21)27-23)26-19-12-15-28(16-13-19)14-11-18-5-2-1-3-6-18/h1-3,5-6,9-10,17,19,24,26-27H,4,7-8,11-16H2/p+2/t24-/m0/s1. The molecule has 5 rings (SSSR count). The molecule has 0 bridgehead atoms. The largest absolute Gasteiger partial charge is 0.353 e. The van der Waals surface area contributed by atoms with Crippen LogP contribution in [-0.2, 0) is 12.8 Å². The molecule has 1 saturated heterocycles. The summed E-state index contributed by atoms with van der Waals surface area (Å²) in [5, 5.41) is 14.8. The molecule has 1 aromatic heterocycles. The summed E-state index contributed by atoms with van der Waals surface area (Å²) in [5.74, 6) is 0. The second kappa shape index (κ2) is 8.81. The first kappa shape index (κ1) is 20.2. The molecule has 31 heavy (non-hydrogen) atoms. The number of aromatic nitrogens is 1. The van der Waals surface area contributed by atoms with Crippen molar-refractivity contribution in [2.45, 2.75) is 50.6 Å². The third-order valence-electron chi connectivity index (χ3n) is 7.30. The van der Waals surface area contributed by atoms with Gasteiger partial charge in [0.25, 0.3) is 5.69 Å². The molecule has 0 unspecified atom stereocenters. The molecule has 3 aromatic rings. The van der Waals surface area contributed by atoms with Gasteiger partial charge >= 0.3 is 0 Å². The molecule has 1 aliphatic heterocycles. The highest BCUT2D eigenvalue weighted by molar-refractivity contribution is 5.87. The molecule has 0 radical (unpaired) electrons. The van der Waals surface area contributed by atoms with Gasteiger partial charge in [-0.1, -0.05) is 30.3 Å². The second-order valence-corrected chi connectivity index (χ2v) is 9.27. The maximum Gasteiger partial charge on any atom is 0.270 e. The van der Waals surface area contributed by atoms with Gasteiger partial charge < -0.3 is 15.2 Å². The third-order valence-corrected chi connectivity index (χ3v) is 7.30. The van der Waals surface area contributed by atoms with E-state index in [4.69, 9.17) is 0 Å². The maximum atomic E-state index is 11.2. The highest BCUT2D eigenvalue weighted by Gasteiger charge is 2.32. The van der Waals surface area contributed by atoms with Gasteiger partial charge in [0.2, 0.25) is 0 Å². The minimum absolute atomic E-state index is 0.186. The summed E-state index contributed by atoms with van der Waals surface area (Å²) in [6.07, 6.45) is 7.05. The fourth-order valence-corrected chi connectivity index (χ4v) is 5.58. The van der Waals surface area contributed by atoms with Crippen molar-refractivity contribution >= 4 is 16.6 Å². The third kappa shape index (κ3) is 4.36. The Morgan fingerprint density at radius 1 is 1.10 bits per heavy atom. The summed E-state index contributed by atoms with van der Waals surface area (Å²) < 4.78 is 0. The van der Waals surface area contributed by atoms with E-state index >= 15 is 0 Å². The van der Waals surface area contributed by atoms with E-state index in [1.807, 2.05) is 6.07 Å². The van der Waals surface area contributed by atoms with Crippen LogP contribution in [0.2, 0.25) is 0 Å². The lowest BCUT2D eigenvalue weighted by molar-refractivity contribution is -0.914. The fraction of sp³-hybridized carbons (Fsp3) is 0.440. The second-order valence-electron chi connectivity index (χ2n) is 9.27. The number of nitrogens with one attached hydrogen (secondary N) is 2. The smallest absolute Gasteiger partial charge is 0.270 e. The molecular weight excluding hydrogens is 388 g/mol. The quantitative estimate of drug-likeness (QED) is 0.423. The van der Waals surface area contributed by atoms with Crippen LogP contribution < -0.4 is 10.2 Å². The highest BCUT2D eigenvalue weighted by atomic mass is 16.6. The maximum absolute atomic E-state index is 11.2. The Morgan fingerprint density at radius 3 is 2.68 bits per heavy atom. The summed E-state index contributed by atoms with van der Waals surface area (Å²) in [6.45, 7) is 3.74. The van der Waals surface area contributed by atoms with E-state index < -0.39 is 0 Å². The molecule has 162 valence electrons. The van der Waals surface area contributed by atoms with Crippen molar-refractivity contribution < 1.29 is 15.1 Å². The summed E-state index contributed by atoms with van der Waals surface area (Å²) >= 11 is 0. The van der Waals surface area contributed by atoms with E-state index in [9.17, 15) is 10.1 Å². The van der Waals surface area contributed by atoms with Crippen LogP contribution in [0.3, 0.4) is 0 Å². The van der Waals surface area contributed by atoms with Gasteiger partial charge in [-0.05, 0) is 30.0 Å². The summed E-state index contributed by atoms with van der Waals surface area (Å²) in [7, 11) is 0. The van der Waals surface area contributed by atoms with Gasteiger partial charge in [-0.3, -0.25) is 10.1 Å². The molecule has 0 amide bonds. The zero-order valence-corrected chi connectivity index (χ0v) is 18.0. The number of likely N-dealkylation sites (tertiary alicyclic amines) is 1. The van der Waals surface area contributed by atoms with Crippen LogP contribution in [-0.4, -0.2) is 35.6 Å². The number of hydrogen-bond donors (Lipinski definition) is 3. The fourth-order valence-electron chi connectivity index (χ4n) is 5.58. The van der Waals surface area contributed by atoms with E-state index in [-0.39, 0.29) is 10.6 Å². The van der Waals surface area contributed by atoms with Crippen LogP contribution in [0, 0.1) is 10.1 Å². The molecule has 2 aromatic carbocycles. The number of nitro benzene ring substituents is 1. The SMILES string of the molecule is O=[N+]([O-])c1ccc2[nH]c3c(c2c1)CCC[C@@H]3[NH2+]C1CC[NH+](CCc2ccccc2)CC1. The Morgan fingerprint density at radius 2 is 1.90 bits per heavy atom. The minimum Gasteiger partial charge on any atom is -0.353 e. The number of hydrogen-bond acceptors (Lipinski definition) is 2. The van der Waals surface area contributed by atoms with Crippen LogP contribution in [0.25, 0.3) is 10.9 Å². The first-order valence-electron chi connectivity index (χ1n) is 11.7. The monoisotopic (exact) mass is 420 g/mol. The van der Waals surface area contributed by atoms with E-state index in [1.54, 1.807) is 17.0 Å². The molecule has 1 fully saturated rings. The Balaban J connectivity index is 1.21. The van der Waals surface area contributed by atoms with Crippen molar-refractivity contribution in [3.05, 3.63) is 75.5 Å². The number of nitrogens with zero attached hydrogens (tertiary/aromatic N) is 1. The van der Waals surface area contributed by atoms with Crippen LogP contribution in [0.1, 0.15) is 48.5 Å². The van der Waals surface area contributed by atoms with Crippen molar-refractivity contribution in [3.8, 4) is 0 Å². The molecular formula is C25H32N4O2+2. The van der Waals surface area contributed by atoms with Crippen LogP contribution in [0.5, 0.6) is 0 Å². The number of nitro groups is 1. The van der Waals surface area contributed by atoms with E-state index in [0.717, 1.165) is 30.2 Å². The number of rotatable bonds is 6. The molecule has 2 heterocycles. The first-order valence-corrected chi connectivity index (χ1v) is 11.7. The predicted octanol–water partition coefficient (Wildman–Crippen LogP) is 2.31. The molecule has 6 nitrogen and oxygen atoms in total. The van der Waals surface area contributed by atoms with Crippen molar-refractivity contribution in [1.29, 1.82) is 0 Å². The number of quaternary nitrogens is 2. The molecule has 1 atom stereocenters. The van der Waals surface area contributed by atoms with Gasteiger partial charge in [0.05, 0.1) is 36.3 Å². The van der Waals surface area contributed by atoms with Gasteiger partial charge in [0.15, 0.2) is 0 Å². The zero-order valence-electron chi connectivity index (χ0n) is 18.0. The molecule has 0 saturated carbocycles. The molecule has 1 aliphatic carbocycles. The van der Waals surface area contributed by atoms with Crippen LogP contribution >= 0.6 is 0 Å². The van der Waals surface area contributed by atoms with E-state index in [0.29, 0.717) is 12.1 Å². The van der Waals surface area contributed by atoms with Crippen LogP contribution in [0.4, 0.5) is 5.69 Å². The normalized spacial score (nSPS) is 23.5. The minimum atomic E-state index is -0.292. The first-order chi connectivity index (χ1) is 15.2. The summed E-state index contributed by atoms with van der Waals surface area (Å²) in [6, 6.07) is 17.2. The van der Waals surface area contributed by atoms with Crippen molar-refractivity contribution in [2.24, 2.45) is 0 Å². The number of piperidine rings is 1. The molecule has 0 spiro atoms. The van der Waals surface area contributed by atoms with E-state index in [1.165, 1.54) is 55.7 Å². The highest BCUT2D eigenvalue weighted by Crippen LogP contribution is 2.34. The predicted molar refractivity (Wildman–Crippen MR) is 121 cm³/mol. The van der Waals surface area contributed by atoms with Crippen LogP contribution in [0.15, 0.2) is 48.5 Å². The van der Waals surface area contributed by atoms with Gasteiger partial charge in [-0.15, -0.1) is 0 Å². The number of fused-ring (bicyclic) bond motifs is 3.